The third-order valence-corrected chi connectivity index (χ3v) is 2.83. The van der Waals surface area contributed by atoms with E-state index in [2.05, 4.69) is 25.4 Å². The van der Waals surface area contributed by atoms with E-state index in [1.807, 2.05) is 30.8 Å². The van der Waals surface area contributed by atoms with Crippen molar-refractivity contribution in [3.05, 3.63) is 36.4 Å². The van der Waals surface area contributed by atoms with Crippen molar-refractivity contribution in [2.75, 3.05) is 5.32 Å². The van der Waals surface area contributed by atoms with Crippen LogP contribution in [0.4, 0.5) is 11.5 Å². The Morgan fingerprint density at radius 3 is 2.78 bits per heavy atom. The van der Waals surface area contributed by atoms with Gasteiger partial charge in [0.1, 0.15) is 11.3 Å². The Labute approximate surface area is 104 Å². The minimum Gasteiger partial charge on any atom is -0.337 e. The molecule has 0 spiro atoms. The number of pyridine rings is 1. The highest BCUT2D eigenvalue weighted by Gasteiger charge is 2.05. The van der Waals surface area contributed by atoms with Gasteiger partial charge >= 0.3 is 0 Å². The number of anilines is 2. The van der Waals surface area contributed by atoms with Gasteiger partial charge in [0.05, 0.1) is 17.6 Å². The molecule has 0 aliphatic rings. The van der Waals surface area contributed by atoms with Crippen LogP contribution in [0.3, 0.4) is 0 Å². The highest BCUT2D eigenvalue weighted by molar-refractivity contribution is 5.73. The predicted octanol–water partition coefficient (Wildman–Crippen LogP) is 1.81. The molecule has 0 atom stereocenters. The summed E-state index contributed by atoms with van der Waals surface area (Å²) in [7, 11) is 1.90. The van der Waals surface area contributed by atoms with E-state index in [0.29, 0.717) is 5.65 Å². The van der Waals surface area contributed by atoms with Crippen LogP contribution >= 0.6 is 0 Å². The average molecular weight is 240 g/mol. The van der Waals surface area contributed by atoms with E-state index < -0.39 is 0 Å². The number of hydrogen-bond donors (Lipinski definition) is 1. The molecule has 6 heteroatoms. The van der Waals surface area contributed by atoms with Gasteiger partial charge in [-0.1, -0.05) is 0 Å². The smallest absolute Gasteiger partial charge is 0.180 e. The molecule has 0 fully saturated rings. The summed E-state index contributed by atoms with van der Waals surface area (Å²) >= 11 is 0. The van der Waals surface area contributed by atoms with Crippen molar-refractivity contribution >= 4 is 22.7 Å². The molecule has 3 rings (SSSR count). The average Bonchev–Trinajstić information content (AvgIpc) is 2.71. The molecule has 3 aromatic rings. The van der Waals surface area contributed by atoms with Crippen molar-refractivity contribution in [1.29, 1.82) is 0 Å². The largest absolute Gasteiger partial charge is 0.337 e. The van der Waals surface area contributed by atoms with Crippen LogP contribution in [0.15, 0.2) is 30.7 Å². The second-order valence-corrected chi connectivity index (χ2v) is 3.99. The fraction of sp³-hybridized carbons (Fsp3) is 0.167. The summed E-state index contributed by atoms with van der Waals surface area (Å²) in [5.74, 6) is 0.735. The van der Waals surface area contributed by atoms with Gasteiger partial charge < -0.3 is 5.32 Å². The quantitative estimate of drug-likeness (QED) is 0.739. The van der Waals surface area contributed by atoms with Gasteiger partial charge in [-0.05, 0) is 19.1 Å². The maximum absolute atomic E-state index is 4.40. The number of aromatic nitrogens is 5. The molecule has 0 aliphatic carbocycles. The summed E-state index contributed by atoms with van der Waals surface area (Å²) in [6, 6.07) is 3.77. The van der Waals surface area contributed by atoms with Crippen LogP contribution in [0.25, 0.3) is 11.2 Å². The van der Waals surface area contributed by atoms with Crippen LogP contribution in [-0.2, 0) is 7.05 Å². The lowest BCUT2D eigenvalue weighted by atomic mass is 10.3. The Kier molecular flexibility index (Phi) is 2.40. The number of nitrogens with one attached hydrogen (secondary N) is 1. The molecule has 1 N–H and O–H groups in total. The summed E-state index contributed by atoms with van der Waals surface area (Å²) in [5.41, 5.74) is 3.40. The lowest BCUT2D eigenvalue weighted by Gasteiger charge is -2.05. The van der Waals surface area contributed by atoms with Crippen LogP contribution < -0.4 is 5.32 Å². The van der Waals surface area contributed by atoms with Crippen molar-refractivity contribution in [3.8, 4) is 0 Å². The summed E-state index contributed by atoms with van der Waals surface area (Å²) < 4.78 is 1.81. The molecular formula is C12H12N6. The van der Waals surface area contributed by atoms with Gasteiger partial charge in [0, 0.05) is 19.4 Å². The minimum atomic E-state index is 0.629. The first kappa shape index (κ1) is 10.6. The highest BCUT2D eigenvalue weighted by Crippen LogP contribution is 2.19. The lowest BCUT2D eigenvalue weighted by molar-refractivity contribution is 0.740. The molecule has 0 amide bonds. The van der Waals surface area contributed by atoms with Gasteiger partial charge in [-0.15, -0.1) is 0 Å². The van der Waals surface area contributed by atoms with E-state index in [-0.39, 0.29) is 0 Å². The normalized spacial score (nSPS) is 10.8. The third-order valence-electron chi connectivity index (χ3n) is 2.83. The number of aryl methyl sites for hydroxylation is 1. The standard InChI is InChI=1S/C12H12N6/c1-8-10(7-15-18(8)2)16-11-4-3-9-12(17-11)14-6-5-13-9/h3-7H,1-2H3,(H,14,16,17). The molecule has 0 bridgehead atoms. The van der Waals surface area contributed by atoms with Gasteiger partial charge in [0.25, 0.3) is 0 Å². The summed E-state index contributed by atoms with van der Waals surface area (Å²) in [6.07, 6.45) is 5.06. The van der Waals surface area contributed by atoms with Crippen molar-refractivity contribution < 1.29 is 0 Å². The molecule has 0 saturated carbocycles. The molecule has 18 heavy (non-hydrogen) atoms. The summed E-state index contributed by atoms with van der Waals surface area (Å²) in [4.78, 5) is 12.8. The second kappa shape index (κ2) is 4.06. The van der Waals surface area contributed by atoms with Gasteiger partial charge in [0.2, 0.25) is 0 Å². The molecule has 0 saturated heterocycles. The number of rotatable bonds is 2. The molecule has 0 aromatic carbocycles. The van der Waals surface area contributed by atoms with Gasteiger partial charge in [-0.3, -0.25) is 9.67 Å². The van der Waals surface area contributed by atoms with E-state index in [1.165, 1.54) is 0 Å². The first-order valence-corrected chi connectivity index (χ1v) is 5.57. The molecular weight excluding hydrogens is 228 g/mol. The lowest BCUT2D eigenvalue weighted by Crippen LogP contribution is -1.97. The van der Waals surface area contributed by atoms with Crippen LogP contribution in [0.1, 0.15) is 5.69 Å². The molecule has 3 aromatic heterocycles. The van der Waals surface area contributed by atoms with Crippen molar-refractivity contribution in [3.63, 3.8) is 0 Å². The molecule has 0 unspecified atom stereocenters. The van der Waals surface area contributed by atoms with Crippen molar-refractivity contribution in [2.45, 2.75) is 6.92 Å². The maximum atomic E-state index is 4.40. The van der Waals surface area contributed by atoms with Crippen LogP contribution in [-0.4, -0.2) is 24.7 Å². The molecule has 0 radical (unpaired) electrons. The zero-order chi connectivity index (χ0) is 12.5. The monoisotopic (exact) mass is 240 g/mol. The molecule has 6 nitrogen and oxygen atoms in total. The zero-order valence-electron chi connectivity index (χ0n) is 10.1. The SMILES string of the molecule is Cc1c(Nc2ccc3nccnc3n2)cnn1C. The molecule has 0 aliphatic heterocycles. The van der Waals surface area contributed by atoms with Crippen LogP contribution in [0, 0.1) is 6.92 Å². The van der Waals surface area contributed by atoms with Gasteiger partial charge in [0.15, 0.2) is 5.65 Å². The molecule has 3 heterocycles. The summed E-state index contributed by atoms with van der Waals surface area (Å²) in [5, 5.41) is 7.40. The van der Waals surface area contributed by atoms with Crippen molar-refractivity contribution in [1.82, 2.24) is 24.7 Å². The first-order valence-electron chi connectivity index (χ1n) is 5.57. The first-order chi connectivity index (χ1) is 8.74. The Balaban J connectivity index is 1.98. The molecule has 90 valence electrons. The number of hydrogen-bond acceptors (Lipinski definition) is 5. The fourth-order valence-corrected chi connectivity index (χ4v) is 1.68. The van der Waals surface area contributed by atoms with Gasteiger partial charge in [-0.25, -0.2) is 9.97 Å². The van der Waals surface area contributed by atoms with E-state index in [1.54, 1.807) is 18.6 Å². The number of nitrogens with zero attached hydrogens (tertiary/aromatic N) is 5. The van der Waals surface area contributed by atoms with Crippen LogP contribution in [0.5, 0.6) is 0 Å². The van der Waals surface area contributed by atoms with E-state index >= 15 is 0 Å². The Hall–Kier alpha value is -2.50. The fourth-order valence-electron chi connectivity index (χ4n) is 1.68. The van der Waals surface area contributed by atoms with Crippen molar-refractivity contribution in [2.24, 2.45) is 7.05 Å². The Morgan fingerprint density at radius 2 is 2.00 bits per heavy atom. The third kappa shape index (κ3) is 1.77. The Bertz CT molecular complexity index is 703. The number of fused-ring (bicyclic) bond motifs is 1. The van der Waals surface area contributed by atoms with Crippen LogP contribution in [0.2, 0.25) is 0 Å². The second-order valence-electron chi connectivity index (χ2n) is 3.99. The Morgan fingerprint density at radius 1 is 1.17 bits per heavy atom. The van der Waals surface area contributed by atoms with E-state index in [9.17, 15) is 0 Å². The zero-order valence-corrected chi connectivity index (χ0v) is 10.1. The van der Waals surface area contributed by atoms with E-state index in [4.69, 9.17) is 0 Å². The predicted molar refractivity (Wildman–Crippen MR) is 68.6 cm³/mol. The summed E-state index contributed by atoms with van der Waals surface area (Å²) in [6.45, 7) is 2.00. The topological polar surface area (TPSA) is 68.5 Å². The maximum Gasteiger partial charge on any atom is 0.180 e. The highest BCUT2D eigenvalue weighted by atomic mass is 15.3. The minimum absolute atomic E-state index is 0.629. The van der Waals surface area contributed by atoms with Gasteiger partial charge in [-0.2, -0.15) is 5.10 Å². The van der Waals surface area contributed by atoms with E-state index in [0.717, 1.165) is 22.7 Å².